The van der Waals surface area contributed by atoms with Crippen molar-refractivity contribution >= 4 is 17.3 Å². The summed E-state index contributed by atoms with van der Waals surface area (Å²) in [6, 6.07) is 12.0. The number of hydrogen-bond donors (Lipinski definition) is 1. The first kappa shape index (κ1) is 19.0. The largest absolute Gasteiger partial charge is 0.486 e. The number of carbonyl (C=O) groups is 1. The van der Waals surface area contributed by atoms with Gasteiger partial charge in [-0.05, 0) is 43.5 Å². The zero-order valence-electron chi connectivity index (χ0n) is 16.0. The molecule has 0 bridgehead atoms. The van der Waals surface area contributed by atoms with E-state index in [2.05, 4.69) is 5.32 Å². The highest BCUT2D eigenvalue weighted by molar-refractivity contribution is 5.95. The van der Waals surface area contributed by atoms with Gasteiger partial charge in [0.05, 0.1) is 11.5 Å². The van der Waals surface area contributed by atoms with Crippen molar-refractivity contribution in [3.63, 3.8) is 0 Å². The van der Waals surface area contributed by atoms with Crippen molar-refractivity contribution in [3.8, 4) is 11.5 Å². The molecule has 2 aromatic rings. The molecular formula is C21H23N3O5. The summed E-state index contributed by atoms with van der Waals surface area (Å²) in [5.74, 6) is 0.944. The molecule has 2 aliphatic heterocycles. The third-order valence-electron chi connectivity index (χ3n) is 5.19. The fourth-order valence-electron chi connectivity index (χ4n) is 3.69. The number of rotatable bonds is 5. The molecule has 0 aliphatic carbocycles. The molecule has 4 rings (SSSR count). The molecule has 8 nitrogen and oxygen atoms in total. The number of hydrogen-bond acceptors (Lipinski definition) is 6. The van der Waals surface area contributed by atoms with Gasteiger partial charge in [0, 0.05) is 24.7 Å². The number of nitrogens with zero attached hydrogens (tertiary/aromatic N) is 2. The maximum absolute atomic E-state index is 12.6. The molecule has 2 aromatic carbocycles. The average Bonchev–Trinajstić information content (AvgIpc) is 2.77. The fourth-order valence-corrected chi connectivity index (χ4v) is 3.69. The van der Waals surface area contributed by atoms with Crippen LogP contribution in [0.5, 0.6) is 11.5 Å². The summed E-state index contributed by atoms with van der Waals surface area (Å²) < 4.78 is 11.5. The summed E-state index contributed by atoms with van der Waals surface area (Å²) >= 11 is 0. The van der Waals surface area contributed by atoms with E-state index in [9.17, 15) is 14.9 Å². The molecular weight excluding hydrogens is 374 g/mol. The Balaban J connectivity index is 1.42. The molecule has 2 heterocycles. The van der Waals surface area contributed by atoms with Gasteiger partial charge in [0.1, 0.15) is 18.4 Å². The zero-order chi connectivity index (χ0) is 20.2. The number of carbonyl (C=O) groups excluding carboxylic acids is 1. The van der Waals surface area contributed by atoms with Crippen LogP contribution in [0.2, 0.25) is 0 Å². The predicted octanol–water partition coefficient (Wildman–Crippen LogP) is 3.15. The monoisotopic (exact) mass is 397 g/mol. The highest BCUT2D eigenvalue weighted by Crippen LogP contribution is 2.32. The Morgan fingerprint density at radius 1 is 1.14 bits per heavy atom. The summed E-state index contributed by atoms with van der Waals surface area (Å²) in [5, 5.41) is 14.4. The smallest absolute Gasteiger partial charge is 0.293 e. The zero-order valence-corrected chi connectivity index (χ0v) is 16.0. The van der Waals surface area contributed by atoms with E-state index in [1.54, 1.807) is 12.1 Å². The standard InChI is InChI=1S/C21H23N3O5/c25-21(22-13-16-14-28-19-6-2-3-7-20(19)29-16)15-8-9-17(18(12-15)24(26)27)23-10-4-1-5-11-23/h2-3,6-9,12,16H,1,4-5,10-11,13-14H2,(H,22,25). The van der Waals surface area contributed by atoms with E-state index in [-0.39, 0.29) is 29.8 Å². The van der Waals surface area contributed by atoms with Gasteiger partial charge < -0.3 is 19.7 Å². The first-order valence-corrected chi connectivity index (χ1v) is 9.82. The SMILES string of the molecule is O=C(NCC1COc2ccccc2O1)c1ccc(N2CCCCC2)c([N+](=O)[O-])c1. The molecule has 2 aliphatic rings. The molecule has 1 fully saturated rings. The second-order valence-corrected chi connectivity index (χ2v) is 7.22. The van der Waals surface area contributed by atoms with Gasteiger partial charge >= 0.3 is 0 Å². The second-order valence-electron chi connectivity index (χ2n) is 7.22. The van der Waals surface area contributed by atoms with Crippen LogP contribution in [0.4, 0.5) is 11.4 Å². The van der Waals surface area contributed by atoms with E-state index in [4.69, 9.17) is 9.47 Å². The molecule has 1 unspecified atom stereocenters. The lowest BCUT2D eigenvalue weighted by Gasteiger charge is -2.28. The Morgan fingerprint density at radius 2 is 1.90 bits per heavy atom. The lowest BCUT2D eigenvalue weighted by atomic mass is 10.1. The molecule has 0 aromatic heterocycles. The van der Waals surface area contributed by atoms with Gasteiger partial charge in [-0.15, -0.1) is 0 Å². The third kappa shape index (κ3) is 4.26. The molecule has 0 spiro atoms. The summed E-state index contributed by atoms with van der Waals surface area (Å²) in [6.07, 6.45) is 2.86. The van der Waals surface area contributed by atoms with Crippen LogP contribution in [0.3, 0.4) is 0 Å². The fraction of sp³-hybridized carbons (Fsp3) is 0.381. The van der Waals surface area contributed by atoms with Crippen LogP contribution in [-0.4, -0.2) is 43.2 Å². The van der Waals surface area contributed by atoms with Crippen LogP contribution >= 0.6 is 0 Å². The maximum Gasteiger partial charge on any atom is 0.293 e. The summed E-state index contributed by atoms with van der Waals surface area (Å²) in [4.78, 5) is 25.7. The summed E-state index contributed by atoms with van der Waals surface area (Å²) in [5.41, 5.74) is 0.798. The van der Waals surface area contributed by atoms with Crippen LogP contribution in [0, 0.1) is 10.1 Å². The number of fused-ring (bicyclic) bond motifs is 1. The highest BCUT2D eigenvalue weighted by Gasteiger charge is 2.24. The van der Waals surface area contributed by atoms with Gasteiger partial charge in [0.15, 0.2) is 11.5 Å². The van der Waals surface area contributed by atoms with E-state index < -0.39 is 4.92 Å². The first-order valence-electron chi connectivity index (χ1n) is 9.82. The van der Waals surface area contributed by atoms with Crippen molar-refractivity contribution in [1.82, 2.24) is 5.32 Å². The summed E-state index contributed by atoms with van der Waals surface area (Å²) in [7, 11) is 0. The molecule has 1 amide bonds. The molecule has 152 valence electrons. The number of para-hydroxylation sites is 2. The number of nitrogens with one attached hydrogen (secondary N) is 1. The van der Waals surface area contributed by atoms with E-state index >= 15 is 0 Å². The van der Waals surface area contributed by atoms with E-state index in [1.807, 2.05) is 29.2 Å². The van der Waals surface area contributed by atoms with Crippen molar-refractivity contribution in [3.05, 3.63) is 58.1 Å². The minimum atomic E-state index is -0.421. The molecule has 1 N–H and O–H groups in total. The highest BCUT2D eigenvalue weighted by atomic mass is 16.6. The minimum Gasteiger partial charge on any atom is -0.486 e. The molecule has 1 saturated heterocycles. The van der Waals surface area contributed by atoms with Crippen molar-refractivity contribution in [1.29, 1.82) is 0 Å². The first-order chi connectivity index (χ1) is 14.1. The van der Waals surface area contributed by atoms with Crippen LogP contribution < -0.4 is 19.7 Å². The van der Waals surface area contributed by atoms with Gasteiger partial charge in [0.2, 0.25) is 0 Å². The van der Waals surface area contributed by atoms with Crippen molar-refractivity contribution in [2.24, 2.45) is 0 Å². The van der Waals surface area contributed by atoms with Crippen molar-refractivity contribution < 1.29 is 19.2 Å². The van der Waals surface area contributed by atoms with Crippen LogP contribution in [0.25, 0.3) is 0 Å². The van der Waals surface area contributed by atoms with Gasteiger partial charge in [-0.25, -0.2) is 0 Å². The predicted molar refractivity (Wildman–Crippen MR) is 108 cm³/mol. The Morgan fingerprint density at radius 3 is 2.66 bits per heavy atom. The molecule has 0 radical (unpaired) electrons. The quantitative estimate of drug-likeness (QED) is 0.615. The van der Waals surface area contributed by atoms with Gasteiger partial charge in [-0.3, -0.25) is 14.9 Å². The third-order valence-corrected chi connectivity index (χ3v) is 5.19. The van der Waals surface area contributed by atoms with Gasteiger partial charge in [-0.2, -0.15) is 0 Å². The number of nitro groups is 1. The van der Waals surface area contributed by atoms with Crippen molar-refractivity contribution in [2.75, 3.05) is 31.1 Å². The molecule has 0 saturated carbocycles. The van der Waals surface area contributed by atoms with E-state index in [0.717, 1.165) is 32.4 Å². The normalized spacial score (nSPS) is 18.2. The van der Waals surface area contributed by atoms with Crippen molar-refractivity contribution in [2.45, 2.75) is 25.4 Å². The van der Waals surface area contributed by atoms with Gasteiger partial charge in [-0.1, -0.05) is 12.1 Å². The maximum atomic E-state index is 12.6. The van der Waals surface area contributed by atoms with Crippen LogP contribution in [0.15, 0.2) is 42.5 Å². The van der Waals surface area contributed by atoms with Gasteiger partial charge in [0.25, 0.3) is 11.6 Å². The van der Waals surface area contributed by atoms with E-state index in [0.29, 0.717) is 23.8 Å². The number of benzene rings is 2. The summed E-state index contributed by atoms with van der Waals surface area (Å²) in [6.45, 7) is 2.17. The number of ether oxygens (including phenoxy) is 2. The number of piperidine rings is 1. The van der Waals surface area contributed by atoms with E-state index in [1.165, 1.54) is 6.07 Å². The lowest BCUT2D eigenvalue weighted by molar-refractivity contribution is -0.384. The Kier molecular flexibility index (Phi) is 5.50. The molecule has 29 heavy (non-hydrogen) atoms. The Bertz CT molecular complexity index is 911. The van der Waals surface area contributed by atoms with Crippen LogP contribution in [-0.2, 0) is 0 Å². The number of nitro benzene ring substituents is 1. The number of anilines is 1. The second kappa shape index (κ2) is 8.38. The number of amides is 1. The minimum absolute atomic E-state index is 0.0364. The average molecular weight is 397 g/mol. The molecule has 1 atom stereocenters. The lowest BCUT2D eigenvalue weighted by Crippen LogP contribution is -2.40. The topological polar surface area (TPSA) is 93.9 Å². The molecule has 8 heteroatoms. The Labute approximate surface area is 168 Å². The van der Waals surface area contributed by atoms with Crippen LogP contribution in [0.1, 0.15) is 29.6 Å². The Hall–Kier alpha value is -3.29.